The van der Waals surface area contributed by atoms with E-state index in [1.165, 1.54) is 30.3 Å². The lowest BCUT2D eigenvalue weighted by molar-refractivity contribution is -0.384. The minimum absolute atomic E-state index is 0.00929. The first-order valence-corrected chi connectivity index (χ1v) is 12.0. The van der Waals surface area contributed by atoms with Crippen molar-refractivity contribution in [1.82, 2.24) is 14.7 Å². The molecule has 2 aromatic carbocycles. The summed E-state index contributed by atoms with van der Waals surface area (Å²) in [5, 5.41) is 10.8. The number of carbonyl (C=O) groups excluding carboxylic acids is 2. The van der Waals surface area contributed by atoms with Crippen molar-refractivity contribution in [2.75, 3.05) is 39.3 Å². The standard InChI is InChI=1S/C27H33FN4O4/c1-27(2,3)26(34)31(20-22-4-9-23(28)10-5-22)19-16-29-14-17-30(18-15-29)25(33)13-8-21-6-11-24(12-7-21)32(35)36/h4-13H,14-20H2,1-3H3/b13-8+. The first-order valence-electron chi connectivity index (χ1n) is 12.0. The van der Waals surface area contributed by atoms with E-state index in [1.54, 1.807) is 35.2 Å². The van der Waals surface area contributed by atoms with Crippen LogP contribution in [0.25, 0.3) is 6.08 Å². The van der Waals surface area contributed by atoms with Crippen LogP contribution in [0.2, 0.25) is 0 Å². The monoisotopic (exact) mass is 496 g/mol. The van der Waals surface area contributed by atoms with Crippen LogP contribution in [0.5, 0.6) is 0 Å². The van der Waals surface area contributed by atoms with Crippen molar-refractivity contribution >= 4 is 23.6 Å². The number of non-ortho nitro benzene ring substituents is 1. The average Bonchev–Trinajstić information content (AvgIpc) is 2.85. The Balaban J connectivity index is 1.51. The second kappa shape index (κ2) is 11.9. The fourth-order valence-electron chi connectivity index (χ4n) is 3.97. The molecule has 1 fully saturated rings. The van der Waals surface area contributed by atoms with Crippen molar-refractivity contribution in [3.05, 3.63) is 81.7 Å². The van der Waals surface area contributed by atoms with Crippen LogP contribution in [0.1, 0.15) is 31.9 Å². The van der Waals surface area contributed by atoms with E-state index in [0.717, 1.165) is 11.1 Å². The number of amides is 2. The van der Waals surface area contributed by atoms with E-state index in [2.05, 4.69) is 4.90 Å². The first-order chi connectivity index (χ1) is 17.0. The highest BCUT2D eigenvalue weighted by molar-refractivity contribution is 5.91. The molecule has 36 heavy (non-hydrogen) atoms. The molecule has 1 aliphatic heterocycles. The Hall–Kier alpha value is -3.59. The summed E-state index contributed by atoms with van der Waals surface area (Å²) in [6.07, 6.45) is 3.15. The van der Waals surface area contributed by atoms with Crippen LogP contribution in [0, 0.1) is 21.3 Å². The molecular formula is C27H33FN4O4. The van der Waals surface area contributed by atoms with Gasteiger partial charge in [-0.2, -0.15) is 0 Å². The maximum Gasteiger partial charge on any atom is 0.269 e. The van der Waals surface area contributed by atoms with Crippen LogP contribution in [-0.4, -0.2) is 70.7 Å². The number of rotatable bonds is 8. The van der Waals surface area contributed by atoms with Crippen LogP contribution >= 0.6 is 0 Å². The summed E-state index contributed by atoms with van der Waals surface area (Å²) in [4.78, 5) is 41.7. The third-order valence-corrected chi connectivity index (χ3v) is 6.11. The van der Waals surface area contributed by atoms with E-state index < -0.39 is 10.3 Å². The van der Waals surface area contributed by atoms with E-state index in [9.17, 15) is 24.1 Å². The predicted molar refractivity (Wildman–Crippen MR) is 136 cm³/mol. The Morgan fingerprint density at radius 2 is 1.64 bits per heavy atom. The molecule has 0 bridgehead atoms. The third kappa shape index (κ3) is 7.71. The molecule has 0 aromatic heterocycles. The van der Waals surface area contributed by atoms with Gasteiger partial charge in [-0.05, 0) is 41.5 Å². The molecule has 0 spiro atoms. The van der Waals surface area contributed by atoms with Gasteiger partial charge in [0.25, 0.3) is 5.69 Å². The van der Waals surface area contributed by atoms with Gasteiger partial charge >= 0.3 is 0 Å². The third-order valence-electron chi connectivity index (χ3n) is 6.11. The number of halogens is 1. The largest absolute Gasteiger partial charge is 0.337 e. The maximum absolute atomic E-state index is 13.3. The minimum Gasteiger partial charge on any atom is -0.337 e. The van der Waals surface area contributed by atoms with Crippen LogP contribution in [0.15, 0.2) is 54.6 Å². The molecule has 2 aromatic rings. The Morgan fingerprint density at radius 3 is 2.19 bits per heavy atom. The molecule has 1 heterocycles. The molecule has 0 saturated carbocycles. The van der Waals surface area contributed by atoms with Crippen molar-refractivity contribution in [2.24, 2.45) is 5.41 Å². The van der Waals surface area contributed by atoms with Gasteiger partial charge in [0.15, 0.2) is 0 Å². The number of nitro groups is 1. The first kappa shape index (κ1) is 27.0. The quantitative estimate of drug-likeness (QED) is 0.314. The molecular weight excluding hydrogens is 463 g/mol. The van der Waals surface area contributed by atoms with Gasteiger partial charge in [0.1, 0.15) is 5.82 Å². The summed E-state index contributed by atoms with van der Waals surface area (Å²) in [6.45, 7) is 9.87. The molecule has 0 radical (unpaired) electrons. The molecule has 2 amide bonds. The van der Waals surface area contributed by atoms with Gasteiger partial charge in [-0.1, -0.05) is 32.9 Å². The van der Waals surface area contributed by atoms with Gasteiger partial charge in [-0.15, -0.1) is 0 Å². The van der Waals surface area contributed by atoms with Crippen molar-refractivity contribution in [2.45, 2.75) is 27.3 Å². The normalized spacial score (nSPS) is 14.7. The van der Waals surface area contributed by atoms with Crippen molar-refractivity contribution in [1.29, 1.82) is 0 Å². The lowest BCUT2D eigenvalue weighted by Gasteiger charge is -2.36. The van der Waals surface area contributed by atoms with E-state index in [-0.39, 0.29) is 23.3 Å². The zero-order chi connectivity index (χ0) is 26.3. The summed E-state index contributed by atoms with van der Waals surface area (Å²) in [5.41, 5.74) is 1.08. The van der Waals surface area contributed by atoms with Crippen molar-refractivity contribution in [3.63, 3.8) is 0 Å². The Kier molecular flexibility index (Phi) is 8.93. The topological polar surface area (TPSA) is 87.0 Å². The Morgan fingerprint density at radius 1 is 1.03 bits per heavy atom. The smallest absolute Gasteiger partial charge is 0.269 e. The van der Waals surface area contributed by atoms with Crippen molar-refractivity contribution in [3.8, 4) is 0 Å². The van der Waals surface area contributed by atoms with Crippen molar-refractivity contribution < 1.29 is 18.9 Å². The van der Waals surface area contributed by atoms with Crippen LogP contribution in [0.3, 0.4) is 0 Å². The molecule has 0 N–H and O–H groups in total. The highest BCUT2D eigenvalue weighted by atomic mass is 19.1. The molecule has 1 aliphatic rings. The lowest BCUT2D eigenvalue weighted by atomic mass is 9.94. The summed E-state index contributed by atoms with van der Waals surface area (Å²) in [6, 6.07) is 12.2. The number of hydrogen-bond donors (Lipinski definition) is 0. The number of carbonyl (C=O) groups is 2. The molecule has 0 unspecified atom stereocenters. The Bertz CT molecular complexity index is 1090. The summed E-state index contributed by atoms with van der Waals surface area (Å²) in [7, 11) is 0. The highest BCUT2D eigenvalue weighted by Crippen LogP contribution is 2.20. The second-order valence-electron chi connectivity index (χ2n) is 9.95. The molecule has 1 saturated heterocycles. The van der Waals surface area contributed by atoms with E-state index in [4.69, 9.17) is 0 Å². The second-order valence-corrected chi connectivity index (χ2v) is 9.95. The van der Waals surface area contributed by atoms with Gasteiger partial charge in [-0.3, -0.25) is 24.6 Å². The predicted octanol–water partition coefficient (Wildman–Crippen LogP) is 3.97. The zero-order valence-electron chi connectivity index (χ0n) is 21.0. The SMILES string of the molecule is CC(C)(C)C(=O)N(CCN1CCN(C(=O)/C=C/c2ccc([N+](=O)[O-])cc2)CC1)Cc1ccc(F)cc1. The number of benzene rings is 2. The number of nitrogens with zero attached hydrogens (tertiary/aromatic N) is 4. The Labute approximate surface area is 211 Å². The van der Waals surface area contributed by atoms with Crippen LogP contribution < -0.4 is 0 Å². The lowest BCUT2D eigenvalue weighted by Crippen LogP contribution is -2.51. The van der Waals surface area contributed by atoms with Crippen LogP contribution in [0.4, 0.5) is 10.1 Å². The summed E-state index contributed by atoms with van der Waals surface area (Å²) in [5.74, 6) is -0.367. The van der Waals surface area contributed by atoms with Gasteiger partial charge in [0.2, 0.25) is 11.8 Å². The van der Waals surface area contributed by atoms with E-state index >= 15 is 0 Å². The average molecular weight is 497 g/mol. The molecule has 192 valence electrons. The van der Waals surface area contributed by atoms with Crippen LogP contribution in [-0.2, 0) is 16.1 Å². The van der Waals surface area contributed by atoms with Gasteiger partial charge in [0, 0.05) is 69.4 Å². The molecule has 3 rings (SSSR count). The molecule has 0 aliphatic carbocycles. The molecule has 0 atom stereocenters. The maximum atomic E-state index is 13.3. The number of piperazine rings is 1. The number of hydrogen-bond acceptors (Lipinski definition) is 5. The van der Waals surface area contributed by atoms with E-state index in [1.807, 2.05) is 25.7 Å². The van der Waals surface area contributed by atoms with Gasteiger partial charge in [-0.25, -0.2) is 4.39 Å². The van der Waals surface area contributed by atoms with Gasteiger partial charge < -0.3 is 9.80 Å². The number of nitro benzene ring substituents is 1. The zero-order valence-corrected chi connectivity index (χ0v) is 21.0. The summed E-state index contributed by atoms with van der Waals surface area (Å²) < 4.78 is 13.3. The highest BCUT2D eigenvalue weighted by Gasteiger charge is 2.28. The molecule has 9 heteroatoms. The summed E-state index contributed by atoms with van der Waals surface area (Å²) >= 11 is 0. The van der Waals surface area contributed by atoms with E-state index in [0.29, 0.717) is 45.8 Å². The van der Waals surface area contributed by atoms with Gasteiger partial charge in [0.05, 0.1) is 4.92 Å². The minimum atomic E-state index is -0.527. The molecule has 8 nitrogen and oxygen atoms in total. The fourth-order valence-corrected chi connectivity index (χ4v) is 3.97. The fraction of sp³-hybridized carbons (Fsp3) is 0.407.